The average Bonchev–Trinajstić information content (AvgIpc) is 2.52. The standard InChI is InChI=1S/C15H24N2O5/c1-19-10-4-12(20-2)14(13(5-10)21-3)11(18)6-17-15(7-16)8-22-9-15/h4-5,11,17-18H,6-9,16H2,1-3H3. The summed E-state index contributed by atoms with van der Waals surface area (Å²) in [5, 5.41) is 13.8. The summed E-state index contributed by atoms with van der Waals surface area (Å²) in [6.07, 6.45) is -0.806. The summed E-state index contributed by atoms with van der Waals surface area (Å²) in [6, 6.07) is 3.43. The first-order chi connectivity index (χ1) is 10.6. The average molecular weight is 312 g/mol. The number of rotatable bonds is 8. The van der Waals surface area contributed by atoms with E-state index in [1.165, 1.54) is 0 Å². The summed E-state index contributed by atoms with van der Waals surface area (Å²) < 4.78 is 21.1. The molecule has 4 N–H and O–H groups in total. The molecule has 0 spiro atoms. The number of methoxy groups -OCH3 is 3. The van der Waals surface area contributed by atoms with Crippen molar-refractivity contribution in [2.24, 2.45) is 5.73 Å². The lowest BCUT2D eigenvalue weighted by atomic mass is 9.96. The quantitative estimate of drug-likeness (QED) is 0.625. The van der Waals surface area contributed by atoms with Crippen molar-refractivity contribution in [1.29, 1.82) is 0 Å². The first kappa shape index (κ1) is 16.8. The van der Waals surface area contributed by atoms with Gasteiger partial charge in [-0.25, -0.2) is 0 Å². The molecule has 1 atom stereocenters. The molecule has 1 heterocycles. The summed E-state index contributed by atoms with van der Waals surface area (Å²) in [5.41, 5.74) is 6.07. The van der Waals surface area contributed by atoms with Crippen LogP contribution in [0.15, 0.2) is 12.1 Å². The Hall–Kier alpha value is -1.54. The Kier molecular flexibility index (Phi) is 5.47. The number of nitrogens with one attached hydrogen (secondary N) is 1. The zero-order valence-corrected chi connectivity index (χ0v) is 13.2. The van der Waals surface area contributed by atoms with E-state index in [1.807, 2.05) is 0 Å². The smallest absolute Gasteiger partial charge is 0.132 e. The Labute approximate surface area is 130 Å². The summed E-state index contributed by atoms with van der Waals surface area (Å²) in [6.45, 7) is 1.87. The highest BCUT2D eigenvalue weighted by Gasteiger charge is 2.37. The number of aliphatic hydroxyl groups is 1. The summed E-state index contributed by atoms with van der Waals surface area (Å²) >= 11 is 0. The molecule has 1 aromatic rings. The lowest BCUT2D eigenvalue weighted by Crippen LogP contribution is -2.65. The van der Waals surface area contributed by atoms with Crippen molar-refractivity contribution >= 4 is 0 Å². The number of aliphatic hydroxyl groups excluding tert-OH is 1. The van der Waals surface area contributed by atoms with Crippen molar-refractivity contribution in [3.8, 4) is 17.2 Å². The van der Waals surface area contributed by atoms with E-state index in [0.717, 1.165) is 0 Å². The molecule has 1 aliphatic rings. The van der Waals surface area contributed by atoms with E-state index in [2.05, 4.69) is 5.32 Å². The molecule has 22 heavy (non-hydrogen) atoms. The number of β-amino-alcohol motifs (C(OH)–C–C–N with tert-alkyl or cyclic N) is 1. The second-order valence-electron chi connectivity index (χ2n) is 5.32. The molecule has 1 aliphatic heterocycles. The van der Waals surface area contributed by atoms with Crippen LogP contribution in [-0.4, -0.2) is 58.3 Å². The molecule has 0 saturated carbocycles. The molecule has 2 rings (SSSR count). The first-order valence-corrected chi connectivity index (χ1v) is 7.10. The van der Waals surface area contributed by atoms with E-state index in [0.29, 0.717) is 49.1 Å². The molecule has 1 unspecified atom stereocenters. The van der Waals surface area contributed by atoms with E-state index in [9.17, 15) is 5.11 Å². The Morgan fingerprint density at radius 1 is 1.23 bits per heavy atom. The van der Waals surface area contributed by atoms with Gasteiger partial charge in [0.25, 0.3) is 0 Å². The van der Waals surface area contributed by atoms with Crippen molar-refractivity contribution in [3.05, 3.63) is 17.7 Å². The van der Waals surface area contributed by atoms with Crippen LogP contribution in [0.1, 0.15) is 11.7 Å². The van der Waals surface area contributed by atoms with Gasteiger partial charge in [-0.1, -0.05) is 0 Å². The molecule has 7 heteroatoms. The monoisotopic (exact) mass is 312 g/mol. The van der Waals surface area contributed by atoms with Gasteiger partial charge >= 0.3 is 0 Å². The van der Waals surface area contributed by atoms with Crippen LogP contribution >= 0.6 is 0 Å². The van der Waals surface area contributed by atoms with Crippen molar-refractivity contribution < 1.29 is 24.1 Å². The van der Waals surface area contributed by atoms with Gasteiger partial charge in [0, 0.05) is 25.2 Å². The molecule has 124 valence electrons. The molecule has 0 aliphatic carbocycles. The van der Waals surface area contributed by atoms with E-state index in [4.69, 9.17) is 24.7 Å². The predicted molar refractivity (Wildman–Crippen MR) is 81.7 cm³/mol. The number of hydrogen-bond acceptors (Lipinski definition) is 7. The normalized spacial score (nSPS) is 17.5. The maximum Gasteiger partial charge on any atom is 0.132 e. The summed E-state index contributed by atoms with van der Waals surface area (Å²) in [4.78, 5) is 0. The van der Waals surface area contributed by atoms with Gasteiger partial charge in [-0.3, -0.25) is 0 Å². The highest BCUT2D eigenvalue weighted by molar-refractivity contribution is 5.52. The molecule has 0 amide bonds. The zero-order chi connectivity index (χ0) is 16.2. The Morgan fingerprint density at radius 3 is 2.18 bits per heavy atom. The molecule has 0 bridgehead atoms. The molecular weight excluding hydrogens is 288 g/mol. The Balaban J connectivity index is 2.18. The largest absolute Gasteiger partial charge is 0.496 e. The number of benzene rings is 1. The third-order valence-corrected chi connectivity index (χ3v) is 3.90. The predicted octanol–water partition coefficient (Wildman–Crippen LogP) is 0.0631. The lowest BCUT2D eigenvalue weighted by molar-refractivity contribution is -0.0729. The number of hydrogen-bond donors (Lipinski definition) is 3. The van der Waals surface area contributed by atoms with Gasteiger partial charge in [-0.2, -0.15) is 0 Å². The van der Waals surface area contributed by atoms with Crippen molar-refractivity contribution in [2.75, 3.05) is 47.6 Å². The zero-order valence-electron chi connectivity index (χ0n) is 13.2. The van der Waals surface area contributed by atoms with Crippen LogP contribution < -0.4 is 25.3 Å². The van der Waals surface area contributed by atoms with Crippen LogP contribution in [-0.2, 0) is 4.74 Å². The van der Waals surface area contributed by atoms with Gasteiger partial charge in [-0.15, -0.1) is 0 Å². The second kappa shape index (κ2) is 7.15. The Bertz CT molecular complexity index is 474. The van der Waals surface area contributed by atoms with E-state index < -0.39 is 6.10 Å². The highest BCUT2D eigenvalue weighted by Crippen LogP contribution is 2.38. The van der Waals surface area contributed by atoms with Gasteiger partial charge in [0.05, 0.1) is 51.7 Å². The first-order valence-electron chi connectivity index (χ1n) is 7.10. The summed E-state index contributed by atoms with van der Waals surface area (Å²) in [7, 11) is 4.64. The Morgan fingerprint density at radius 2 is 1.82 bits per heavy atom. The molecule has 1 aromatic carbocycles. The van der Waals surface area contributed by atoms with Crippen molar-refractivity contribution in [2.45, 2.75) is 11.6 Å². The van der Waals surface area contributed by atoms with Crippen LogP contribution in [0.5, 0.6) is 17.2 Å². The third-order valence-electron chi connectivity index (χ3n) is 3.90. The van der Waals surface area contributed by atoms with Crippen molar-refractivity contribution in [3.63, 3.8) is 0 Å². The molecule has 7 nitrogen and oxygen atoms in total. The summed E-state index contributed by atoms with van der Waals surface area (Å²) in [5.74, 6) is 1.62. The lowest BCUT2D eigenvalue weighted by Gasteiger charge is -2.41. The third kappa shape index (κ3) is 3.27. The fraction of sp³-hybridized carbons (Fsp3) is 0.600. The number of ether oxygens (including phenoxy) is 4. The van der Waals surface area contributed by atoms with E-state index >= 15 is 0 Å². The van der Waals surface area contributed by atoms with Gasteiger partial charge in [-0.05, 0) is 0 Å². The second-order valence-corrected chi connectivity index (χ2v) is 5.32. The van der Waals surface area contributed by atoms with Gasteiger partial charge < -0.3 is 35.1 Å². The molecule has 1 saturated heterocycles. The maximum absolute atomic E-state index is 10.5. The fourth-order valence-electron chi connectivity index (χ4n) is 2.42. The van der Waals surface area contributed by atoms with Crippen LogP contribution in [0.25, 0.3) is 0 Å². The van der Waals surface area contributed by atoms with Crippen molar-refractivity contribution in [1.82, 2.24) is 5.32 Å². The van der Waals surface area contributed by atoms with Crippen LogP contribution in [0, 0.1) is 0 Å². The van der Waals surface area contributed by atoms with Gasteiger partial charge in [0.1, 0.15) is 17.2 Å². The van der Waals surface area contributed by atoms with Gasteiger partial charge in [0.2, 0.25) is 0 Å². The molecule has 0 aromatic heterocycles. The number of nitrogens with two attached hydrogens (primary N) is 1. The van der Waals surface area contributed by atoms with Crippen LogP contribution in [0.3, 0.4) is 0 Å². The minimum Gasteiger partial charge on any atom is -0.496 e. The van der Waals surface area contributed by atoms with Gasteiger partial charge in [0.15, 0.2) is 0 Å². The van der Waals surface area contributed by atoms with E-state index in [-0.39, 0.29) is 5.54 Å². The SMILES string of the molecule is COc1cc(OC)c(C(O)CNC2(CN)COC2)c(OC)c1. The molecule has 0 radical (unpaired) electrons. The minimum atomic E-state index is -0.806. The minimum absolute atomic E-state index is 0.256. The fourth-order valence-corrected chi connectivity index (χ4v) is 2.42. The topological polar surface area (TPSA) is 95.2 Å². The van der Waals surface area contributed by atoms with E-state index in [1.54, 1.807) is 33.5 Å². The van der Waals surface area contributed by atoms with Crippen LogP contribution in [0.2, 0.25) is 0 Å². The molecular formula is C15H24N2O5. The highest BCUT2D eigenvalue weighted by atomic mass is 16.5. The molecule has 1 fully saturated rings. The maximum atomic E-state index is 10.5. The van der Waals surface area contributed by atoms with Crippen LogP contribution in [0.4, 0.5) is 0 Å².